The maximum absolute atomic E-state index is 12.5. The van der Waals surface area contributed by atoms with E-state index in [0.717, 1.165) is 36.8 Å². The molecule has 6 heteroatoms. The first-order valence-electron chi connectivity index (χ1n) is 7.70. The molecular weight excluding hydrogens is 300 g/mol. The Balaban J connectivity index is 2.26. The summed E-state index contributed by atoms with van der Waals surface area (Å²) >= 11 is 0. The zero-order valence-electron chi connectivity index (χ0n) is 13.2. The van der Waals surface area contributed by atoms with Gasteiger partial charge in [0.2, 0.25) is 15.9 Å². The van der Waals surface area contributed by atoms with E-state index in [1.165, 1.54) is 7.05 Å². The van der Waals surface area contributed by atoms with Gasteiger partial charge < -0.3 is 4.90 Å². The third kappa shape index (κ3) is 4.30. The van der Waals surface area contributed by atoms with Crippen LogP contribution in [0.5, 0.6) is 0 Å². The van der Waals surface area contributed by atoms with Crippen molar-refractivity contribution in [3.05, 3.63) is 35.4 Å². The first-order chi connectivity index (χ1) is 10.4. The molecule has 1 aliphatic heterocycles. The number of aryl methyl sites for hydroxylation is 1. The average molecular weight is 324 g/mol. The Labute approximate surface area is 132 Å². The Bertz CT molecular complexity index is 628. The molecule has 0 aliphatic carbocycles. The second-order valence-electron chi connectivity index (χ2n) is 5.83. The SMILES string of the molecule is CNS(=O)(=O)CC(=O)N1CCCCCC1c1cccc(C)c1. The number of sulfonamides is 1. The van der Waals surface area contributed by atoms with Crippen molar-refractivity contribution in [1.29, 1.82) is 0 Å². The topological polar surface area (TPSA) is 66.5 Å². The first kappa shape index (κ1) is 17.0. The van der Waals surface area contributed by atoms with Crippen molar-refractivity contribution in [2.75, 3.05) is 19.3 Å². The van der Waals surface area contributed by atoms with Gasteiger partial charge in [0.05, 0.1) is 6.04 Å². The van der Waals surface area contributed by atoms with Crippen molar-refractivity contribution >= 4 is 15.9 Å². The predicted molar refractivity (Wildman–Crippen MR) is 86.9 cm³/mol. The maximum atomic E-state index is 12.5. The molecule has 1 heterocycles. The molecule has 1 aromatic rings. The lowest BCUT2D eigenvalue weighted by molar-refractivity contribution is -0.130. The zero-order chi connectivity index (χ0) is 16.2. The Morgan fingerprint density at radius 2 is 2.09 bits per heavy atom. The summed E-state index contributed by atoms with van der Waals surface area (Å²) in [6.07, 6.45) is 3.94. The van der Waals surface area contributed by atoms with Crippen molar-refractivity contribution in [3.8, 4) is 0 Å². The van der Waals surface area contributed by atoms with Crippen LogP contribution in [0, 0.1) is 6.92 Å². The number of carbonyl (C=O) groups is 1. The fourth-order valence-corrected chi connectivity index (χ4v) is 3.58. The van der Waals surface area contributed by atoms with Crippen molar-refractivity contribution in [2.24, 2.45) is 0 Å². The molecule has 1 N–H and O–H groups in total. The third-order valence-electron chi connectivity index (χ3n) is 4.12. The van der Waals surface area contributed by atoms with Gasteiger partial charge in [0, 0.05) is 6.54 Å². The van der Waals surface area contributed by atoms with Crippen LogP contribution in [0.1, 0.15) is 42.9 Å². The normalized spacial score (nSPS) is 19.7. The van der Waals surface area contributed by atoms with Crippen molar-refractivity contribution < 1.29 is 13.2 Å². The van der Waals surface area contributed by atoms with Crippen molar-refractivity contribution in [1.82, 2.24) is 9.62 Å². The van der Waals surface area contributed by atoms with Gasteiger partial charge in [-0.2, -0.15) is 0 Å². The monoisotopic (exact) mass is 324 g/mol. The van der Waals surface area contributed by atoms with Crippen LogP contribution in [-0.2, 0) is 14.8 Å². The van der Waals surface area contributed by atoms with Crippen LogP contribution in [0.3, 0.4) is 0 Å². The molecule has 5 nitrogen and oxygen atoms in total. The van der Waals surface area contributed by atoms with E-state index < -0.39 is 15.8 Å². The molecule has 0 saturated carbocycles. The molecule has 2 rings (SSSR count). The lowest BCUT2D eigenvalue weighted by atomic mass is 9.99. The molecular formula is C16H24N2O3S. The van der Waals surface area contributed by atoms with E-state index in [9.17, 15) is 13.2 Å². The summed E-state index contributed by atoms with van der Waals surface area (Å²) in [7, 11) is -2.20. The number of nitrogens with one attached hydrogen (secondary N) is 1. The summed E-state index contributed by atoms with van der Waals surface area (Å²) in [6.45, 7) is 2.65. The Kier molecular flexibility index (Phi) is 5.58. The molecule has 1 fully saturated rings. The fraction of sp³-hybridized carbons (Fsp3) is 0.562. The van der Waals surface area contributed by atoms with Gasteiger partial charge in [0.15, 0.2) is 0 Å². The molecule has 1 aliphatic rings. The van der Waals surface area contributed by atoms with Crippen LogP contribution in [0.25, 0.3) is 0 Å². The second kappa shape index (κ2) is 7.24. The van der Waals surface area contributed by atoms with E-state index in [0.29, 0.717) is 6.54 Å². The minimum atomic E-state index is -3.53. The number of amides is 1. The first-order valence-corrected chi connectivity index (χ1v) is 9.35. The van der Waals surface area contributed by atoms with Crippen LogP contribution in [0.2, 0.25) is 0 Å². The summed E-state index contributed by atoms with van der Waals surface area (Å²) in [5, 5.41) is 0. The van der Waals surface area contributed by atoms with Gasteiger partial charge in [-0.1, -0.05) is 42.7 Å². The number of carbonyl (C=O) groups excluding carboxylic acids is 1. The standard InChI is InChI=1S/C16H24N2O3S/c1-13-7-6-8-14(11-13)15-9-4-3-5-10-18(15)16(19)12-22(20,21)17-2/h6-8,11,15,17H,3-5,9-10,12H2,1-2H3. The molecule has 0 bridgehead atoms. The summed E-state index contributed by atoms with van der Waals surface area (Å²) in [6, 6.07) is 8.10. The Hall–Kier alpha value is -1.40. The van der Waals surface area contributed by atoms with E-state index in [2.05, 4.69) is 10.8 Å². The van der Waals surface area contributed by atoms with Crippen LogP contribution in [0.15, 0.2) is 24.3 Å². The lowest BCUT2D eigenvalue weighted by Gasteiger charge is -2.30. The number of nitrogens with zero attached hydrogens (tertiary/aromatic N) is 1. The number of hydrogen-bond donors (Lipinski definition) is 1. The van der Waals surface area contributed by atoms with E-state index in [1.807, 2.05) is 25.1 Å². The lowest BCUT2D eigenvalue weighted by Crippen LogP contribution is -2.40. The summed E-state index contributed by atoms with van der Waals surface area (Å²) < 4.78 is 25.6. The molecule has 0 radical (unpaired) electrons. The van der Waals surface area contributed by atoms with Gasteiger partial charge in [-0.3, -0.25) is 4.79 Å². The van der Waals surface area contributed by atoms with Gasteiger partial charge in [-0.05, 0) is 32.4 Å². The molecule has 0 aromatic heterocycles. The zero-order valence-corrected chi connectivity index (χ0v) is 14.0. The molecule has 1 amide bonds. The Morgan fingerprint density at radius 1 is 1.32 bits per heavy atom. The van der Waals surface area contributed by atoms with E-state index in [4.69, 9.17) is 0 Å². The maximum Gasteiger partial charge on any atom is 0.239 e. The van der Waals surface area contributed by atoms with Gasteiger partial charge in [-0.15, -0.1) is 0 Å². The highest BCUT2D eigenvalue weighted by Crippen LogP contribution is 2.30. The molecule has 22 heavy (non-hydrogen) atoms. The van der Waals surface area contributed by atoms with E-state index >= 15 is 0 Å². The number of benzene rings is 1. The molecule has 122 valence electrons. The van der Waals surface area contributed by atoms with Gasteiger partial charge in [0.1, 0.15) is 5.75 Å². The van der Waals surface area contributed by atoms with E-state index in [1.54, 1.807) is 4.90 Å². The highest BCUT2D eigenvalue weighted by atomic mass is 32.2. The smallest absolute Gasteiger partial charge is 0.239 e. The van der Waals surface area contributed by atoms with Crippen molar-refractivity contribution in [2.45, 2.75) is 38.6 Å². The predicted octanol–water partition coefficient (Wildman–Crippen LogP) is 1.99. The van der Waals surface area contributed by atoms with E-state index in [-0.39, 0.29) is 11.9 Å². The van der Waals surface area contributed by atoms with Crippen LogP contribution in [0.4, 0.5) is 0 Å². The summed E-state index contributed by atoms with van der Waals surface area (Å²) in [4.78, 5) is 14.2. The van der Waals surface area contributed by atoms with Crippen LogP contribution < -0.4 is 4.72 Å². The molecule has 1 aromatic carbocycles. The summed E-state index contributed by atoms with van der Waals surface area (Å²) in [5.74, 6) is -0.797. The Morgan fingerprint density at radius 3 is 2.77 bits per heavy atom. The van der Waals surface area contributed by atoms with Crippen LogP contribution in [-0.4, -0.2) is 38.6 Å². The number of rotatable bonds is 4. The highest BCUT2D eigenvalue weighted by molar-refractivity contribution is 7.90. The third-order valence-corrected chi connectivity index (χ3v) is 5.37. The second-order valence-corrected chi connectivity index (χ2v) is 7.76. The van der Waals surface area contributed by atoms with Gasteiger partial charge >= 0.3 is 0 Å². The molecule has 0 spiro atoms. The van der Waals surface area contributed by atoms with Gasteiger partial charge in [-0.25, -0.2) is 13.1 Å². The number of hydrogen-bond acceptors (Lipinski definition) is 3. The van der Waals surface area contributed by atoms with Gasteiger partial charge in [0.25, 0.3) is 0 Å². The average Bonchev–Trinajstić information content (AvgIpc) is 2.72. The number of likely N-dealkylation sites (tertiary alicyclic amines) is 1. The minimum Gasteiger partial charge on any atom is -0.335 e. The largest absolute Gasteiger partial charge is 0.335 e. The van der Waals surface area contributed by atoms with Crippen molar-refractivity contribution in [3.63, 3.8) is 0 Å². The summed E-state index contributed by atoms with van der Waals surface area (Å²) in [5.41, 5.74) is 2.24. The molecule has 1 saturated heterocycles. The van der Waals surface area contributed by atoms with Crippen LogP contribution >= 0.6 is 0 Å². The fourth-order valence-electron chi connectivity index (χ4n) is 2.95. The molecule has 1 atom stereocenters. The molecule has 1 unspecified atom stereocenters. The minimum absolute atomic E-state index is 0.0260. The quantitative estimate of drug-likeness (QED) is 0.921. The highest BCUT2D eigenvalue weighted by Gasteiger charge is 2.29.